The summed E-state index contributed by atoms with van der Waals surface area (Å²) in [5.74, 6) is 0.695. The molecule has 98 valence electrons. The molecule has 1 rings (SSSR count). The first-order valence-corrected chi connectivity index (χ1v) is 7.03. The molecular formula is C13H24N2OS. The Balaban J connectivity index is 2.59. The number of carbonyl (C=O) groups is 1. The molecule has 0 aromatic carbocycles. The quantitative estimate of drug-likeness (QED) is 0.688. The second-order valence-electron chi connectivity index (χ2n) is 5.02. The van der Waals surface area contributed by atoms with Crippen LogP contribution in [-0.2, 0) is 4.79 Å². The Bertz CT molecular complexity index is 300. The molecule has 1 saturated carbocycles. The molecular weight excluding hydrogens is 232 g/mol. The van der Waals surface area contributed by atoms with E-state index in [2.05, 4.69) is 12.2 Å². The van der Waals surface area contributed by atoms with Gasteiger partial charge in [-0.1, -0.05) is 39.4 Å². The molecule has 4 heteroatoms. The predicted octanol–water partition coefficient (Wildman–Crippen LogP) is 2.38. The van der Waals surface area contributed by atoms with Crippen LogP contribution in [0.15, 0.2) is 0 Å². The molecule has 1 fully saturated rings. The van der Waals surface area contributed by atoms with E-state index in [9.17, 15) is 4.79 Å². The van der Waals surface area contributed by atoms with Gasteiger partial charge < -0.3 is 11.1 Å². The van der Waals surface area contributed by atoms with Gasteiger partial charge in [0, 0.05) is 6.04 Å². The summed E-state index contributed by atoms with van der Waals surface area (Å²) in [6, 6.07) is 0.356. The van der Waals surface area contributed by atoms with Crippen molar-refractivity contribution in [3.8, 4) is 0 Å². The summed E-state index contributed by atoms with van der Waals surface area (Å²) < 4.78 is 0. The Labute approximate surface area is 110 Å². The lowest BCUT2D eigenvalue weighted by Gasteiger charge is -2.29. The van der Waals surface area contributed by atoms with E-state index in [1.165, 1.54) is 12.8 Å². The van der Waals surface area contributed by atoms with Gasteiger partial charge >= 0.3 is 0 Å². The van der Waals surface area contributed by atoms with Crippen LogP contribution in [0.5, 0.6) is 0 Å². The molecule has 1 amide bonds. The molecule has 0 aromatic heterocycles. The molecule has 0 saturated heterocycles. The first-order valence-electron chi connectivity index (χ1n) is 6.62. The number of carbonyl (C=O) groups excluding carboxylic acids is 1. The van der Waals surface area contributed by atoms with Gasteiger partial charge in [-0.15, -0.1) is 0 Å². The highest BCUT2D eigenvalue weighted by Gasteiger charge is 2.43. The fraction of sp³-hybridized carbons (Fsp3) is 0.846. The summed E-state index contributed by atoms with van der Waals surface area (Å²) >= 11 is 5.07. The van der Waals surface area contributed by atoms with Crippen LogP contribution in [0.1, 0.15) is 52.9 Å². The number of nitrogens with two attached hydrogens (primary N) is 1. The Morgan fingerprint density at radius 1 is 1.41 bits per heavy atom. The summed E-state index contributed by atoms with van der Waals surface area (Å²) in [6.07, 6.45) is 4.84. The highest BCUT2D eigenvalue weighted by molar-refractivity contribution is 7.80. The molecule has 2 unspecified atom stereocenters. The van der Waals surface area contributed by atoms with Crippen LogP contribution in [0, 0.1) is 11.3 Å². The molecule has 0 radical (unpaired) electrons. The van der Waals surface area contributed by atoms with Crippen LogP contribution in [0.4, 0.5) is 0 Å². The van der Waals surface area contributed by atoms with E-state index in [-0.39, 0.29) is 5.91 Å². The van der Waals surface area contributed by atoms with Gasteiger partial charge in [0.15, 0.2) is 0 Å². The SMILES string of the molecule is CCCC1CC1NC(=O)C(CC)(CC)C(N)=S. The molecule has 1 aliphatic rings. The van der Waals surface area contributed by atoms with E-state index >= 15 is 0 Å². The third kappa shape index (κ3) is 2.97. The van der Waals surface area contributed by atoms with E-state index in [1.54, 1.807) is 0 Å². The maximum atomic E-state index is 12.3. The van der Waals surface area contributed by atoms with Crippen molar-refractivity contribution in [2.75, 3.05) is 0 Å². The van der Waals surface area contributed by atoms with Crippen molar-refractivity contribution >= 4 is 23.1 Å². The lowest BCUT2D eigenvalue weighted by molar-refractivity contribution is -0.128. The Hall–Kier alpha value is -0.640. The van der Waals surface area contributed by atoms with Crippen LogP contribution >= 0.6 is 12.2 Å². The van der Waals surface area contributed by atoms with Gasteiger partial charge in [0.25, 0.3) is 0 Å². The Kier molecular flexibility index (Phi) is 4.92. The van der Waals surface area contributed by atoms with Gasteiger partial charge in [0.2, 0.25) is 5.91 Å². The molecule has 0 bridgehead atoms. The number of hydrogen-bond acceptors (Lipinski definition) is 2. The second-order valence-corrected chi connectivity index (χ2v) is 5.46. The van der Waals surface area contributed by atoms with Crippen molar-refractivity contribution in [3.05, 3.63) is 0 Å². The van der Waals surface area contributed by atoms with Gasteiger partial charge in [-0.3, -0.25) is 4.79 Å². The zero-order chi connectivity index (χ0) is 13.1. The molecule has 1 aliphatic carbocycles. The minimum Gasteiger partial charge on any atom is -0.392 e. The monoisotopic (exact) mass is 256 g/mol. The summed E-state index contributed by atoms with van der Waals surface area (Å²) in [5, 5.41) is 3.11. The van der Waals surface area contributed by atoms with Gasteiger partial charge in [-0.25, -0.2) is 0 Å². The normalized spacial score (nSPS) is 23.2. The number of hydrogen-bond donors (Lipinski definition) is 2. The molecule has 3 N–H and O–H groups in total. The summed E-state index contributed by atoms with van der Waals surface area (Å²) in [4.78, 5) is 12.6. The van der Waals surface area contributed by atoms with Crippen LogP contribution in [0.3, 0.4) is 0 Å². The van der Waals surface area contributed by atoms with Crippen molar-refractivity contribution in [3.63, 3.8) is 0 Å². The van der Waals surface area contributed by atoms with Crippen LogP contribution < -0.4 is 11.1 Å². The first kappa shape index (κ1) is 14.4. The van der Waals surface area contributed by atoms with Crippen LogP contribution in [0.25, 0.3) is 0 Å². The predicted molar refractivity (Wildman–Crippen MR) is 74.7 cm³/mol. The fourth-order valence-electron chi connectivity index (χ4n) is 2.45. The molecule has 0 spiro atoms. The average Bonchev–Trinajstić information content (AvgIpc) is 2.99. The average molecular weight is 256 g/mol. The third-order valence-corrected chi connectivity index (χ3v) is 4.40. The van der Waals surface area contributed by atoms with Crippen molar-refractivity contribution in [2.45, 2.75) is 58.9 Å². The van der Waals surface area contributed by atoms with Crippen LogP contribution in [0.2, 0.25) is 0 Å². The van der Waals surface area contributed by atoms with Crippen molar-refractivity contribution in [1.29, 1.82) is 0 Å². The van der Waals surface area contributed by atoms with Crippen LogP contribution in [-0.4, -0.2) is 16.9 Å². The Morgan fingerprint density at radius 3 is 2.41 bits per heavy atom. The van der Waals surface area contributed by atoms with Gasteiger partial charge in [-0.05, 0) is 31.6 Å². The highest BCUT2D eigenvalue weighted by Crippen LogP contribution is 2.36. The summed E-state index contributed by atoms with van der Waals surface area (Å²) in [5.41, 5.74) is 5.11. The maximum Gasteiger partial charge on any atom is 0.233 e. The second kappa shape index (κ2) is 5.80. The van der Waals surface area contributed by atoms with Gasteiger partial charge in [0.05, 0.1) is 10.4 Å². The molecule has 3 nitrogen and oxygen atoms in total. The number of nitrogens with one attached hydrogen (secondary N) is 1. The molecule has 17 heavy (non-hydrogen) atoms. The number of rotatable bonds is 7. The lowest BCUT2D eigenvalue weighted by Crippen LogP contribution is -2.49. The van der Waals surface area contributed by atoms with E-state index in [0.717, 1.165) is 6.42 Å². The standard InChI is InChI=1S/C13H24N2OS/c1-4-7-9-8-10(9)15-12(16)13(5-2,6-3)11(14)17/h9-10H,4-8H2,1-3H3,(H2,14,17)(H,15,16). The smallest absolute Gasteiger partial charge is 0.233 e. The summed E-state index contributed by atoms with van der Waals surface area (Å²) in [7, 11) is 0. The van der Waals surface area contributed by atoms with Gasteiger partial charge in [0.1, 0.15) is 0 Å². The molecule has 0 aliphatic heterocycles. The van der Waals surface area contributed by atoms with Crippen molar-refractivity contribution in [2.24, 2.45) is 17.1 Å². The number of thiocarbonyl (C=S) groups is 1. The number of amides is 1. The van der Waals surface area contributed by atoms with E-state index < -0.39 is 5.41 Å². The fourth-order valence-corrected chi connectivity index (χ4v) is 2.83. The zero-order valence-corrected chi connectivity index (χ0v) is 11.9. The first-order chi connectivity index (χ1) is 8.01. The van der Waals surface area contributed by atoms with E-state index in [0.29, 0.717) is 29.8 Å². The molecule has 0 heterocycles. The largest absolute Gasteiger partial charge is 0.392 e. The zero-order valence-electron chi connectivity index (χ0n) is 11.1. The minimum absolute atomic E-state index is 0.0265. The van der Waals surface area contributed by atoms with E-state index in [4.69, 9.17) is 18.0 Å². The van der Waals surface area contributed by atoms with Crippen molar-refractivity contribution < 1.29 is 4.79 Å². The molecule has 0 aromatic rings. The van der Waals surface area contributed by atoms with Crippen molar-refractivity contribution in [1.82, 2.24) is 5.32 Å². The van der Waals surface area contributed by atoms with E-state index in [1.807, 2.05) is 13.8 Å². The Morgan fingerprint density at radius 2 is 2.00 bits per heavy atom. The molecule has 2 atom stereocenters. The summed E-state index contributed by atoms with van der Waals surface area (Å²) in [6.45, 7) is 6.12. The minimum atomic E-state index is -0.644. The topological polar surface area (TPSA) is 55.1 Å². The maximum absolute atomic E-state index is 12.3. The highest BCUT2D eigenvalue weighted by atomic mass is 32.1. The lowest BCUT2D eigenvalue weighted by atomic mass is 9.81. The third-order valence-electron chi connectivity index (χ3n) is 4.01. The van der Waals surface area contributed by atoms with Gasteiger partial charge in [-0.2, -0.15) is 0 Å².